The topological polar surface area (TPSA) is 0 Å². The van der Waals surface area contributed by atoms with E-state index in [1.165, 1.54) is 0 Å². The smallest absolute Gasteiger partial charge is 0.0503 e. The highest BCUT2D eigenvalue weighted by Gasteiger charge is 1.99. The molecule has 48 valence electrons. The van der Waals surface area contributed by atoms with Crippen LogP contribution in [0.1, 0.15) is 20.8 Å². The fraction of sp³-hybridized carbons (Fsp3) is 0.833. The molecule has 0 aromatic rings. The van der Waals surface area contributed by atoms with Crippen LogP contribution in [-0.2, 0) is 0 Å². The molecule has 0 saturated heterocycles. The van der Waals surface area contributed by atoms with Gasteiger partial charge in [0.1, 0.15) is 0 Å². The summed E-state index contributed by atoms with van der Waals surface area (Å²) in [5.41, 5.74) is 0. The highest BCUT2D eigenvalue weighted by molar-refractivity contribution is 8.23. The molecule has 0 nitrogen and oxygen atoms in total. The van der Waals surface area contributed by atoms with Crippen molar-refractivity contribution in [2.24, 2.45) is 5.92 Å². The van der Waals surface area contributed by atoms with Crippen LogP contribution in [0.15, 0.2) is 0 Å². The molecular formula is C6H12S2. The average Bonchev–Trinajstić information content (AvgIpc) is 1.67. The molecule has 0 saturated carbocycles. The van der Waals surface area contributed by atoms with E-state index < -0.39 is 0 Å². The zero-order chi connectivity index (χ0) is 6.57. The van der Waals surface area contributed by atoms with Gasteiger partial charge in [-0.3, -0.25) is 0 Å². The van der Waals surface area contributed by atoms with Crippen molar-refractivity contribution < 1.29 is 0 Å². The van der Waals surface area contributed by atoms with E-state index in [1.807, 2.05) is 0 Å². The molecule has 0 amide bonds. The predicted molar refractivity (Wildman–Crippen MR) is 45.6 cm³/mol. The molecule has 0 aliphatic carbocycles. The molecule has 0 bridgehead atoms. The number of thioether (sulfide) groups is 1. The molecule has 0 aromatic heterocycles. The van der Waals surface area contributed by atoms with Crippen molar-refractivity contribution in [3.63, 3.8) is 0 Å². The van der Waals surface area contributed by atoms with Crippen LogP contribution in [0.4, 0.5) is 0 Å². The molecule has 0 aromatic carbocycles. The van der Waals surface area contributed by atoms with E-state index in [2.05, 4.69) is 20.8 Å². The zero-order valence-electron chi connectivity index (χ0n) is 5.60. The molecule has 0 radical (unpaired) electrons. The Morgan fingerprint density at radius 2 is 2.12 bits per heavy atom. The van der Waals surface area contributed by atoms with Gasteiger partial charge in [-0.2, -0.15) is 0 Å². The van der Waals surface area contributed by atoms with Gasteiger partial charge in [-0.1, -0.05) is 33.0 Å². The molecule has 0 atom stereocenters. The normalized spacial score (nSPS) is 10.0. The van der Waals surface area contributed by atoms with Crippen molar-refractivity contribution in [2.45, 2.75) is 20.8 Å². The van der Waals surface area contributed by atoms with Crippen molar-refractivity contribution in [1.29, 1.82) is 0 Å². The van der Waals surface area contributed by atoms with Crippen LogP contribution in [0.25, 0.3) is 0 Å². The number of hydrogen-bond donors (Lipinski definition) is 0. The maximum absolute atomic E-state index is 5.04. The Morgan fingerprint density at radius 3 is 2.25 bits per heavy atom. The van der Waals surface area contributed by atoms with E-state index in [4.69, 9.17) is 12.2 Å². The lowest BCUT2D eigenvalue weighted by Gasteiger charge is -2.02. The molecule has 0 unspecified atom stereocenters. The van der Waals surface area contributed by atoms with Gasteiger partial charge in [-0.05, 0) is 11.7 Å². The van der Waals surface area contributed by atoms with E-state index in [1.54, 1.807) is 11.8 Å². The van der Waals surface area contributed by atoms with Gasteiger partial charge in [-0.25, -0.2) is 0 Å². The van der Waals surface area contributed by atoms with Gasteiger partial charge in [0.2, 0.25) is 0 Å². The summed E-state index contributed by atoms with van der Waals surface area (Å²) in [5.74, 6) is 1.67. The van der Waals surface area contributed by atoms with Gasteiger partial charge in [-0.15, -0.1) is 11.8 Å². The SMILES string of the molecule is CCSC(=S)C(C)C. The first-order valence-corrected chi connectivity index (χ1v) is 4.24. The highest BCUT2D eigenvalue weighted by Crippen LogP contribution is 2.11. The second-order valence-electron chi connectivity index (χ2n) is 1.91. The number of rotatable bonds is 2. The molecule has 0 heterocycles. The quantitative estimate of drug-likeness (QED) is 0.552. The molecule has 0 N–H and O–H groups in total. The summed E-state index contributed by atoms with van der Waals surface area (Å²) in [5, 5.41) is 0. The van der Waals surface area contributed by atoms with Crippen LogP contribution in [-0.4, -0.2) is 9.95 Å². The van der Waals surface area contributed by atoms with Gasteiger partial charge < -0.3 is 0 Å². The third-order valence-electron chi connectivity index (χ3n) is 0.758. The molecular weight excluding hydrogens is 136 g/mol. The Labute approximate surface area is 61.0 Å². The molecule has 0 rings (SSSR count). The van der Waals surface area contributed by atoms with E-state index >= 15 is 0 Å². The lowest BCUT2D eigenvalue weighted by molar-refractivity contribution is 0.915. The third-order valence-corrected chi connectivity index (χ3v) is 2.63. The number of thiocarbonyl (C=S) groups is 1. The monoisotopic (exact) mass is 148 g/mol. The van der Waals surface area contributed by atoms with Crippen LogP contribution < -0.4 is 0 Å². The molecule has 0 spiro atoms. The van der Waals surface area contributed by atoms with Gasteiger partial charge in [0.05, 0.1) is 4.20 Å². The summed E-state index contributed by atoms with van der Waals surface area (Å²) in [6, 6.07) is 0. The summed E-state index contributed by atoms with van der Waals surface area (Å²) >= 11 is 6.81. The lowest BCUT2D eigenvalue weighted by Crippen LogP contribution is -1.97. The van der Waals surface area contributed by atoms with Gasteiger partial charge in [0.15, 0.2) is 0 Å². The van der Waals surface area contributed by atoms with Crippen molar-refractivity contribution >= 4 is 28.2 Å². The zero-order valence-corrected chi connectivity index (χ0v) is 7.23. The Bertz CT molecular complexity index is 76.6. The standard InChI is InChI=1S/C6H12S2/c1-4-8-6(7)5(2)3/h5H,4H2,1-3H3. The van der Waals surface area contributed by atoms with Gasteiger partial charge in [0.25, 0.3) is 0 Å². The van der Waals surface area contributed by atoms with Crippen molar-refractivity contribution in [3.8, 4) is 0 Å². The third kappa shape index (κ3) is 3.44. The Morgan fingerprint density at radius 1 is 1.62 bits per heavy atom. The van der Waals surface area contributed by atoms with Crippen LogP contribution in [0, 0.1) is 5.92 Å². The van der Waals surface area contributed by atoms with Crippen molar-refractivity contribution in [3.05, 3.63) is 0 Å². The van der Waals surface area contributed by atoms with Crippen LogP contribution >= 0.6 is 24.0 Å². The van der Waals surface area contributed by atoms with Crippen molar-refractivity contribution in [2.75, 3.05) is 5.75 Å². The largest absolute Gasteiger partial charge is 0.119 e. The first-order chi connectivity index (χ1) is 3.68. The van der Waals surface area contributed by atoms with E-state index in [-0.39, 0.29) is 0 Å². The minimum atomic E-state index is 0.565. The fourth-order valence-corrected chi connectivity index (χ4v) is 1.28. The highest BCUT2D eigenvalue weighted by atomic mass is 32.2. The molecule has 0 fully saturated rings. The average molecular weight is 148 g/mol. The van der Waals surface area contributed by atoms with Gasteiger partial charge >= 0.3 is 0 Å². The first kappa shape index (κ1) is 8.44. The summed E-state index contributed by atoms with van der Waals surface area (Å²) in [6.45, 7) is 6.38. The molecule has 0 aliphatic heterocycles. The second-order valence-corrected chi connectivity index (χ2v) is 3.91. The van der Waals surface area contributed by atoms with E-state index in [9.17, 15) is 0 Å². The van der Waals surface area contributed by atoms with E-state index in [0.717, 1.165) is 9.95 Å². The minimum absolute atomic E-state index is 0.565. The Kier molecular flexibility index (Phi) is 4.57. The molecule has 2 heteroatoms. The van der Waals surface area contributed by atoms with Crippen molar-refractivity contribution in [1.82, 2.24) is 0 Å². The van der Waals surface area contributed by atoms with Crippen LogP contribution in [0.2, 0.25) is 0 Å². The van der Waals surface area contributed by atoms with Crippen LogP contribution in [0.5, 0.6) is 0 Å². The Hall–Kier alpha value is 0.440. The molecule has 0 aliphatic rings. The van der Waals surface area contributed by atoms with E-state index in [0.29, 0.717) is 5.92 Å². The molecule has 8 heavy (non-hydrogen) atoms. The number of hydrogen-bond acceptors (Lipinski definition) is 2. The lowest BCUT2D eigenvalue weighted by atomic mass is 10.3. The van der Waals surface area contributed by atoms with Gasteiger partial charge in [0, 0.05) is 0 Å². The van der Waals surface area contributed by atoms with Crippen LogP contribution in [0.3, 0.4) is 0 Å². The second kappa shape index (κ2) is 4.33. The minimum Gasteiger partial charge on any atom is -0.119 e. The maximum Gasteiger partial charge on any atom is 0.0503 e. The predicted octanol–water partition coefficient (Wildman–Crippen LogP) is 2.72. The Balaban J connectivity index is 3.33. The summed E-state index contributed by atoms with van der Waals surface area (Å²) in [6.07, 6.45) is 0. The summed E-state index contributed by atoms with van der Waals surface area (Å²) in [7, 11) is 0. The summed E-state index contributed by atoms with van der Waals surface area (Å²) < 4.78 is 1.13. The summed E-state index contributed by atoms with van der Waals surface area (Å²) in [4.78, 5) is 0. The first-order valence-electron chi connectivity index (χ1n) is 2.85. The fourth-order valence-electron chi connectivity index (χ4n) is 0.309. The maximum atomic E-state index is 5.04.